The third-order valence-electron chi connectivity index (χ3n) is 3.15. The molecule has 1 aromatic carbocycles. The molecule has 1 heterocycles. The summed E-state index contributed by atoms with van der Waals surface area (Å²) in [7, 11) is 1.86. The highest BCUT2D eigenvalue weighted by molar-refractivity contribution is 7.99. The molecular formula is C15H19ClN2OS. The number of hydrogen-bond donors (Lipinski definition) is 1. The molecule has 1 N–H and O–H groups in total. The van der Waals surface area contributed by atoms with Crippen LogP contribution in [0.15, 0.2) is 29.2 Å². The fraction of sp³-hybridized carbons (Fsp3) is 0.400. The first kappa shape index (κ1) is 15.4. The molecule has 1 atom stereocenters. The van der Waals surface area contributed by atoms with Crippen molar-refractivity contribution in [2.45, 2.75) is 31.3 Å². The van der Waals surface area contributed by atoms with Crippen LogP contribution in [0.3, 0.4) is 0 Å². The molecule has 0 aliphatic carbocycles. The van der Waals surface area contributed by atoms with Crippen LogP contribution in [0.2, 0.25) is 5.02 Å². The number of benzene rings is 1. The highest BCUT2D eigenvalue weighted by Gasteiger charge is 2.15. The predicted octanol–water partition coefficient (Wildman–Crippen LogP) is 3.39. The zero-order valence-corrected chi connectivity index (χ0v) is 13.5. The Kier molecular flexibility index (Phi) is 5.13. The van der Waals surface area contributed by atoms with E-state index in [9.17, 15) is 5.11 Å². The second kappa shape index (κ2) is 6.66. The highest BCUT2D eigenvalue weighted by Crippen LogP contribution is 2.24. The second-order valence-electron chi connectivity index (χ2n) is 4.95. The van der Waals surface area contributed by atoms with Crippen molar-refractivity contribution in [3.63, 3.8) is 0 Å². The van der Waals surface area contributed by atoms with Crippen LogP contribution < -0.4 is 0 Å². The Bertz CT molecular complexity index is 580. The lowest BCUT2D eigenvalue weighted by atomic mass is 10.2. The van der Waals surface area contributed by atoms with E-state index < -0.39 is 6.10 Å². The number of aromatic nitrogens is 2. The Labute approximate surface area is 129 Å². The Hall–Kier alpha value is -0.970. The molecule has 1 unspecified atom stereocenters. The average Bonchev–Trinajstić information content (AvgIpc) is 2.65. The third kappa shape index (κ3) is 3.78. The summed E-state index contributed by atoms with van der Waals surface area (Å²) in [5.74, 6) is 0.642. The van der Waals surface area contributed by atoms with Gasteiger partial charge < -0.3 is 5.11 Å². The van der Waals surface area contributed by atoms with Crippen LogP contribution in [0, 0.1) is 13.8 Å². The summed E-state index contributed by atoms with van der Waals surface area (Å²) in [6, 6.07) is 8.31. The Morgan fingerprint density at radius 2 is 1.95 bits per heavy atom. The van der Waals surface area contributed by atoms with Gasteiger partial charge in [0.2, 0.25) is 0 Å². The average molecular weight is 311 g/mol. The molecule has 2 aromatic rings. The van der Waals surface area contributed by atoms with Gasteiger partial charge in [0.05, 0.1) is 22.5 Å². The summed E-state index contributed by atoms with van der Waals surface area (Å²) >= 11 is 7.84. The number of thioether (sulfide) groups is 1. The first-order valence-electron chi connectivity index (χ1n) is 6.53. The summed E-state index contributed by atoms with van der Waals surface area (Å²) < 4.78 is 1.75. The summed E-state index contributed by atoms with van der Waals surface area (Å²) in [5, 5.41) is 15.1. The zero-order valence-electron chi connectivity index (χ0n) is 11.9. The van der Waals surface area contributed by atoms with Crippen molar-refractivity contribution in [1.29, 1.82) is 0 Å². The van der Waals surface area contributed by atoms with Crippen molar-refractivity contribution in [1.82, 2.24) is 9.78 Å². The van der Waals surface area contributed by atoms with Gasteiger partial charge in [0, 0.05) is 24.1 Å². The molecule has 0 aliphatic rings. The SMILES string of the molecule is Cc1ccc(SCC(O)Cc2c(Cl)c(C)nn2C)cc1. The van der Waals surface area contributed by atoms with Gasteiger partial charge in [-0.25, -0.2) is 0 Å². The van der Waals surface area contributed by atoms with Crippen LogP contribution in [0.25, 0.3) is 0 Å². The molecule has 5 heteroatoms. The van der Waals surface area contributed by atoms with Crippen molar-refractivity contribution in [3.8, 4) is 0 Å². The first-order chi connectivity index (χ1) is 9.47. The van der Waals surface area contributed by atoms with Crippen molar-refractivity contribution >= 4 is 23.4 Å². The Morgan fingerprint density at radius 3 is 2.50 bits per heavy atom. The molecule has 0 saturated heterocycles. The fourth-order valence-corrected chi connectivity index (χ4v) is 3.08. The van der Waals surface area contributed by atoms with E-state index in [1.807, 2.05) is 14.0 Å². The fourth-order valence-electron chi connectivity index (χ4n) is 2.01. The topological polar surface area (TPSA) is 38.1 Å². The summed E-state index contributed by atoms with van der Waals surface area (Å²) in [5.41, 5.74) is 2.94. The number of aliphatic hydroxyl groups is 1. The van der Waals surface area contributed by atoms with Gasteiger partial charge in [-0.3, -0.25) is 4.68 Å². The Balaban J connectivity index is 1.92. The van der Waals surface area contributed by atoms with Crippen LogP contribution in [0.1, 0.15) is 17.0 Å². The van der Waals surface area contributed by atoms with Gasteiger partial charge in [-0.15, -0.1) is 11.8 Å². The van der Waals surface area contributed by atoms with Gasteiger partial charge in [-0.1, -0.05) is 29.3 Å². The maximum atomic E-state index is 10.2. The normalized spacial score (nSPS) is 12.7. The molecular weight excluding hydrogens is 292 g/mol. The number of nitrogens with zero attached hydrogens (tertiary/aromatic N) is 2. The van der Waals surface area contributed by atoms with Gasteiger partial charge in [0.25, 0.3) is 0 Å². The zero-order chi connectivity index (χ0) is 14.7. The van der Waals surface area contributed by atoms with Crippen LogP contribution in [-0.2, 0) is 13.5 Å². The van der Waals surface area contributed by atoms with E-state index in [1.165, 1.54) is 10.5 Å². The third-order valence-corrected chi connectivity index (χ3v) is 4.80. The smallest absolute Gasteiger partial charge is 0.0847 e. The first-order valence-corrected chi connectivity index (χ1v) is 7.89. The number of hydrogen-bond acceptors (Lipinski definition) is 3. The van der Waals surface area contributed by atoms with Gasteiger partial charge in [0.1, 0.15) is 0 Å². The molecule has 3 nitrogen and oxygen atoms in total. The maximum absolute atomic E-state index is 10.2. The van der Waals surface area contributed by atoms with Crippen LogP contribution in [0.5, 0.6) is 0 Å². The molecule has 0 aliphatic heterocycles. The minimum atomic E-state index is -0.436. The van der Waals surface area contributed by atoms with E-state index in [4.69, 9.17) is 11.6 Å². The molecule has 108 valence electrons. The lowest BCUT2D eigenvalue weighted by Crippen LogP contribution is -2.16. The summed E-state index contributed by atoms with van der Waals surface area (Å²) in [6.45, 7) is 3.94. The van der Waals surface area contributed by atoms with E-state index in [1.54, 1.807) is 16.4 Å². The monoisotopic (exact) mass is 310 g/mol. The van der Waals surface area contributed by atoms with Crippen LogP contribution >= 0.6 is 23.4 Å². The van der Waals surface area contributed by atoms with Crippen molar-refractivity contribution in [3.05, 3.63) is 46.2 Å². The van der Waals surface area contributed by atoms with Crippen molar-refractivity contribution in [2.75, 3.05) is 5.75 Å². The molecule has 1 aromatic heterocycles. The van der Waals surface area contributed by atoms with Crippen molar-refractivity contribution < 1.29 is 5.11 Å². The van der Waals surface area contributed by atoms with E-state index >= 15 is 0 Å². The minimum absolute atomic E-state index is 0.436. The van der Waals surface area contributed by atoms with Gasteiger partial charge in [-0.2, -0.15) is 5.10 Å². The van der Waals surface area contributed by atoms with Crippen LogP contribution in [-0.4, -0.2) is 26.7 Å². The standard InChI is InChI=1S/C15H19ClN2OS/c1-10-4-6-13(7-5-10)20-9-12(19)8-14-15(16)11(2)17-18(14)3/h4-7,12,19H,8-9H2,1-3H3. The minimum Gasteiger partial charge on any atom is -0.392 e. The maximum Gasteiger partial charge on any atom is 0.0847 e. The molecule has 0 saturated carbocycles. The molecule has 0 fully saturated rings. The molecule has 0 spiro atoms. The number of rotatable bonds is 5. The van der Waals surface area contributed by atoms with Gasteiger partial charge >= 0.3 is 0 Å². The highest BCUT2D eigenvalue weighted by atomic mass is 35.5. The van der Waals surface area contributed by atoms with Gasteiger partial charge in [0.15, 0.2) is 0 Å². The van der Waals surface area contributed by atoms with Gasteiger partial charge in [-0.05, 0) is 26.0 Å². The number of aryl methyl sites for hydroxylation is 3. The lowest BCUT2D eigenvalue weighted by molar-refractivity contribution is 0.197. The summed E-state index contributed by atoms with van der Waals surface area (Å²) in [4.78, 5) is 1.17. The number of aliphatic hydroxyl groups excluding tert-OH is 1. The van der Waals surface area contributed by atoms with Crippen LogP contribution in [0.4, 0.5) is 0 Å². The summed E-state index contributed by atoms with van der Waals surface area (Å²) in [6.07, 6.45) is 0.0864. The largest absolute Gasteiger partial charge is 0.392 e. The molecule has 0 amide bonds. The molecule has 2 rings (SSSR count). The van der Waals surface area contributed by atoms with E-state index in [2.05, 4.69) is 36.3 Å². The Morgan fingerprint density at radius 1 is 1.30 bits per heavy atom. The van der Waals surface area contributed by atoms with E-state index in [-0.39, 0.29) is 0 Å². The molecule has 0 bridgehead atoms. The lowest BCUT2D eigenvalue weighted by Gasteiger charge is -2.11. The second-order valence-corrected chi connectivity index (χ2v) is 6.42. The van der Waals surface area contributed by atoms with Crippen molar-refractivity contribution in [2.24, 2.45) is 7.05 Å². The quantitative estimate of drug-likeness (QED) is 0.860. The molecule has 20 heavy (non-hydrogen) atoms. The van der Waals surface area contributed by atoms with E-state index in [0.717, 1.165) is 11.4 Å². The number of halogens is 1. The van der Waals surface area contributed by atoms with E-state index in [0.29, 0.717) is 17.2 Å². The molecule has 0 radical (unpaired) electrons. The predicted molar refractivity (Wildman–Crippen MR) is 84.6 cm³/mol.